The van der Waals surface area contributed by atoms with Gasteiger partial charge in [-0.3, -0.25) is 14.4 Å². The molecule has 0 atom stereocenters. The van der Waals surface area contributed by atoms with Gasteiger partial charge in [-0.2, -0.15) is 0 Å². The molecular formula is C12H11ClN2O4. The number of halogens is 1. The molecule has 1 aliphatic heterocycles. The Balaban J connectivity index is 2.08. The zero-order valence-electron chi connectivity index (χ0n) is 9.85. The Labute approximate surface area is 114 Å². The van der Waals surface area contributed by atoms with E-state index >= 15 is 0 Å². The molecule has 2 rings (SSSR count). The van der Waals surface area contributed by atoms with E-state index in [1.165, 1.54) is 4.90 Å². The molecule has 19 heavy (non-hydrogen) atoms. The Morgan fingerprint density at radius 1 is 1.42 bits per heavy atom. The number of rotatable bonds is 4. The van der Waals surface area contributed by atoms with Crippen molar-refractivity contribution in [3.05, 3.63) is 28.8 Å². The Kier molecular flexibility index (Phi) is 3.71. The zero-order valence-corrected chi connectivity index (χ0v) is 10.6. The lowest BCUT2D eigenvalue weighted by Gasteiger charge is -2.16. The third kappa shape index (κ3) is 3.03. The van der Waals surface area contributed by atoms with Crippen LogP contribution in [-0.4, -0.2) is 36.0 Å². The molecule has 1 aromatic carbocycles. The number of carboxylic acid groups (broad SMARTS) is 1. The van der Waals surface area contributed by atoms with Gasteiger partial charge in [0.25, 0.3) is 0 Å². The molecule has 1 aromatic rings. The highest BCUT2D eigenvalue weighted by atomic mass is 35.5. The van der Waals surface area contributed by atoms with Crippen LogP contribution in [0.3, 0.4) is 0 Å². The van der Waals surface area contributed by atoms with Crippen LogP contribution < -0.4 is 10.2 Å². The minimum Gasteiger partial charge on any atom is -0.480 e. The summed E-state index contributed by atoms with van der Waals surface area (Å²) in [5.74, 6) is -1.85. The fraction of sp³-hybridized carbons (Fsp3) is 0.250. The monoisotopic (exact) mass is 282 g/mol. The van der Waals surface area contributed by atoms with E-state index in [2.05, 4.69) is 5.32 Å². The molecular weight excluding hydrogens is 272 g/mol. The predicted molar refractivity (Wildman–Crippen MR) is 68.2 cm³/mol. The molecule has 0 saturated heterocycles. The summed E-state index contributed by atoms with van der Waals surface area (Å²) < 4.78 is 0. The van der Waals surface area contributed by atoms with Crippen LogP contribution >= 0.6 is 11.6 Å². The van der Waals surface area contributed by atoms with Crippen LogP contribution in [0, 0.1) is 0 Å². The van der Waals surface area contributed by atoms with Crippen molar-refractivity contribution in [2.75, 3.05) is 18.0 Å². The summed E-state index contributed by atoms with van der Waals surface area (Å²) in [4.78, 5) is 35.0. The number of hydrogen-bond donors (Lipinski definition) is 2. The SMILES string of the molecule is O=C(O)CNC(=O)CN1C(=O)Cc2cc(Cl)ccc21. The first kappa shape index (κ1) is 13.4. The lowest BCUT2D eigenvalue weighted by molar-refractivity contribution is -0.137. The molecule has 1 heterocycles. The number of hydrogen-bond acceptors (Lipinski definition) is 3. The number of fused-ring (bicyclic) bond motifs is 1. The fourth-order valence-corrected chi connectivity index (χ4v) is 2.09. The summed E-state index contributed by atoms with van der Waals surface area (Å²) >= 11 is 5.83. The van der Waals surface area contributed by atoms with Gasteiger partial charge in [0, 0.05) is 10.7 Å². The molecule has 2 N–H and O–H groups in total. The van der Waals surface area contributed by atoms with Gasteiger partial charge in [0.2, 0.25) is 11.8 Å². The number of benzene rings is 1. The van der Waals surface area contributed by atoms with Crippen molar-refractivity contribution in [3.8, 4) is 0 Å². The third-order valence-corrected chi connectivity index (χ3v) is 2.95. The summed E-state index contributed by atoms with van der Waals surface area (Å²) in [5, 5.41) is 11.2. The molecule has 0 unspecified atom stereocenters. The first-order chi connectivity index (χ1) is 8.97. The molecule has 1 aliphatic rings. The Morgan fingerprint density at radius 2 is 2.16 bits per heavy atom. The standard InChI is InChI=1S/C12H11ClN2O4/c13-8-1-2-9-7(3-8)4-11(17)15(9)6-10(16)14-5-12(18)19/h1-3H,4-6H2,(H,14,16)(H,18,19). The summed E-state index contributed by atoms with van der Waals surface area (Å²) in [7, 11) is 0. The van der Waals surface area contributed by atoms with Crippen molar-refractivity contribution in [3.63, 3.8) is 0 Å². The van der Waals surface area contributed by atoms with Crippen LogP contribution in [0.4, 0.5) is 5.69 Å². The van der Waals surface area contributed by atoms with E-state index in [4.69, 9.17) is 16.7 Å². The largest absolute Gasteiger partial charge is 0.480 e. The van der Waals surface area contributed by atoms with Crippen molar-refractivity contribution in [1.29, 1.82) is 0 Å². The van der Waals surface area contributed by atoms with E-state index in [0.29, 0.717) is 10.7 Å². The second-order valence-corrected chi connectivity index (χ2v) is 4.54. The van der Waals surface area contributed by atoms with Crippen LogP contribution in [0.1, 0.15) is 5.56 Å². The topological polar surface area (TPSA) is 86.7 Å². The summed E-state index contributed by atoms with van der Waals surface area (Å²) in [6.07, 6.45) is 0.197. The lowest BCUT2D eigenvalue weighted by atomic mass is 10.2. The molecule has 0 aliphatic carbocycles. The van der Waals surface area contributed by atoms with Gasteiger partial charge in [-0.1, -0.05) is 11.6 Å². The maximum atomic E-state index is 11.8. The van der Waals surface area contributed by atoms with Crippen LogP contribution in [-0.2, 0) is 20.8 Å². The molecule has 0 radical (unpaired) electrons. The number of nitrogens with one attached hydrogen (secondary N) is 1. The lowest BCUT2D eigenvalue weighted by Crippen LogP contribution is -2.40. The molecule has 0 saturated carbocycles. The summed E-state index contributed by atoms with van der Waals surface area (Å²) in [6, 6.07) is 5.00. The van der Waals surface area contributed by atoms with Crippen molar-refractivity contribution in [2.45, 2.75) is 6.42 Å². The molecule has 0 spiro atoms. The maximum absolute atomic E-state index is 11.8. The molecule has 0 aromatic heterocycles. The van der Waals surface area contributed by atoms with Gasteiger partial charge in [0.1, 0.15) is 13.1 Å². The fourth-order valence-electron chi connectivity index (χ4n) is 1.90. The highest BCUT2D eigenvalue weighted by Gasteiger charge is 2.28. The van der Waals surface area contributed by atoms with Crippen molar-refractivity contribution >= 4 is 35.1 Å². The van der Waals surface area contributed by atoms with Gasteiger partial charge < -0.3 is 15.3 Å². The predicted octanol–water partition coefficient (Wildman–Crippen LogP) is 0.430. The average molecular weight is 283 g/mol. The number of carboxylic acids is 1. The van der Waals surface area contributed by atoms with E-state index in [-0.39, 0.29) is 18.9 Å². The molecule has 100 valence electrons. The number of nitrogens with zero attached hydrogens (tertiary/aromatic N) is 1. The normalized spacial score (nSPS) is 13.3. The minimum absolute atomic E-state index is 0.194. The highest BCUT2D eigenvalue weighted by Crippen LogP contribution is 2.30. The molecule has 0 bridgehead atoms. The Bertz CT molecular complexity index is 559. The highest BCUT2D eigenvalue weighted by molar-refractivity contribution is 6.31. The van der Waals surface area contributed by atoms with Crippen LogP contribution in [0.25, 0.3) is 0 Å². The van der Waals surface area contributed by atoms with E-state index in [1.807, 2.05) is 0 Å². The van der Waals surface area contributed by atoms with Gasteiger partial charge in [-0.05, 0) is 23.8 Å². The van der Waals surface area contributed by atoms with Crippen LogP contribution in [0.5, 0.6) is 0 Å². The van der Waals surface area contributed by atoms with Crippen molar-refractivity contribution in [2.24, 2.45) is 0 Å². The number of aliphatic carboxylic acids is 1. The molecule has 6 nitrogen and oxygen atoms in total. The molecule has 0 fully saturated rings. The van der Waals surface area contributed by atoms with Crippen molar-refractivity contribution in [1.82, 2.24) is 5.32 Å². The van der Waals surface area contributed by atoms with Crippen LogP contribution in [0.2, 0.25) is 5.02 Å². The number of anilines is 1. The van der Waals surface area contributed by atoms with Crippen LogP contribution in [0.15, 0.2) is 18.2 Å². The van der Waals surface area contributed by atoms with Gasteiger partial charge in [-0.15, -0.1) is 0 Å². The molecule has 2 amide bonds. The van der Waals surface area contributed by atoms with Gasteiger partial charge in [0.05, 0.1) is 6.42 Å². The average Bonchev–Trinajstić information content (AvgIpc) is 2.62. The number of carbonyl (C=O) groups excluding carboxylic acids is 2. The minimum atomic E-state index is -1.13. The van der Waals surface area contributed by atoms with E-state index < -0.39 is 18.4 Å². The quantitative estimate of drug-likeness (QED) is 0.838. The first-order valence-electron chi connectivity index (χ1n) is 5.54. The second kappa shape index (κ2) is 5.27. The third-order valence-electron chi connectivity index (χ3n) is 2.71. The zero-order chi connectivity index (χ0) is 14.0. The Hall–Kier alpha value is -2.08. The maximum Gasteiger partial charge on any atom is 0.322 e. The second-order valence-electron chi connectivity index (χ2n) is 4.10. The Morgan fingerprint density at radius 3 is 2.84 bits per heavy atom. The summed E-state index contributed by atoms with van der Waals surface area (Å²) in [5.41, 5.74) is 1.41. The van der Waals surface area contributed by atoms with Gasteiger partial charge >= 0.3 is 5.97 Å². The molecule has 7 heteroatoms. The van der Waals surface area contributed by atoms with E-state index in [1.54, 1.807) is 18.2 Å². The van der Waals surface area contributed by atoms with Crippen molar-refractivity contribution < 1.29 is 19.5 Å². The number of carbonyl (C=O) groups is 3. The van der Waals surface area contributed by atoms with E-state index in [9.17, 15) is 14.4 Å². The summed E-state index contributed by atoms with van der Waals surface area (Å²) in [6.45, 7) is -0.658. The smallest absolute Gasteiger partial charge is 0.322 e. The van der Waals surface area contributed by atoms with Gasteiger partial charge in [-0.25, -0.2) is 0 Å². The van der Waals surface area contributed by atoms with E-state index in [0.717, 1.165) is 5.56 Å². The first-order valence-corrected chi connectivity index (χ1v) is 5.92. The van der Waals surface area contributed by atoms with Gasteiger partial charge in [0.15, 0.2) is 0 Å². The number of amides is 2.